The number of pyridine rings is 1. The van der Waals surface area contributed by atoms with E-state index in [1.54, 1.807) is 13.3 Å². The molecule has 0 spiro atoms. The molecule has 1 atom stereocenters. The van der Waals surface area contributed by atoms with Crippen LogP contribution in [0.2, 0.25) is 0 Å². The van der Waals surface area contributed by atoms with Crippen LogP contribution in [0.1, 0.15) is 41.3 Å². The van der Waals surface area contributed by atoms with Gasteiger partial charge in [-0.3, -0.25) is 9.78 Å². The van der Waals surface area contributed by atoms with Gasteiger partial charge in [-0.05, 0) is 49.9 Å². The topological polar surface area (TPSA) is 71.5 Å². The molecule has 1 fully saturated rings. The molecule has 0 saturated carbocycles. The maximum atomic E-state index is 13.5. The van der Waals surface area contributed by atoms with Gasteiger partial charge >= 0.3 is 0 Å². The average Bonchev–Trinajstić information content (AvgIpc) is 3.29. The van der Waals surface area contributed by atoms with Crippen LogP contribution in [0, 0.1) is 13.8 Å². The minimum atomic E-state index is -0.0995. The van der Waals surface area contributed by atoms with Gasteiger partial charge < -0.3 is 14.5 Å². The highest BCUT2D eigenvalue weighted by atomic mass is 16.5. The van der Waals surface area contributed by atoms with Gasteiger partial charge in [0.05, 0.1) is 25.3 Å². The van der Waals surface area contributed by atoms with Gasteiger partial charge in [0.1, 0.15) is 5.75 Å². The van der Waals surface area contributed by atoms with E-state index in [0.717, 1.165) is 52.1 Å². The molecule has 0 unspecified atom stereocenters. The summed E-state index contributed by atoms with van der Waals surface area (Å²) in [7, 11) is 5.50. The van der Waals surface area contributed by atoms with Crippen LogP contribution in [0.15, 0.2) is 42.9 Å². The van der Waals surface area contributed by atoms with E-state index in [1.807, 2.05) is 74.4 Å². The van der Waals surface area contributed by atoms with Gasteiger partial charge in [0, 0.05) is 50.4 Å². The summed E-state index contributed by atoms with van der Waals surface area (Å²) in [5.41, 5.74) is 5.97. The molecule has 0 aliphatic carbocycles. The molecular weight excluding hydrogens is 414 g/mol. The number of rotatable bonds is 6. The molecule has 7 nitrogen and oxygen atoms in total. The number of hydrogen-bond acceptors (Lipinski definition) is 6. The van der Waals surface area contributed by atoms with Crippen LogP contribution >= 0.6 is 0 Å². The van der Waals surface area contributed by atoms with E-state index in [-0.39, 0.29) is 11.9 Å². The van der Waals surface area contributed by atoms with Crippen LogP contribution < -0.4 is 9.64 Å². The summed E-state index contributed by atoms with van der Waals surface area (Å²) in [5, 5.41) is 0. The number of aromatic nitrogens is 3. The fourth-order valence-electron chi connectivity index (χ4n) is 4.50. The Hall–Kier alpha value is -3.48. The Labute approximate surface area is 195 Å². The number of aryl methyl sites for hydroxylation is 2. The molecule has 1 aromatic carbocycles. The van der Waals surface area contributed by atoms with Gasteiger partial charge in [-0.1, -0.05) is 17.7 Å². The first-order valence-electron chi connectivity index (χ1n) is 11.3. The number of amides is 1. The highest BCUT2D eigenvalue weighted by Gasteiger charge is 2.33. The summed E-state index contributed by atoms with van der Waals surface area (Å²) in [4.78, 5) is 31.1. The van der Waals surface area contributed by atoms with Crippen molar-refractivity contribution in [2.24, 2.45) is 0 Å². The Morgan fingerprint density at radius 2 is 2.00 bits per heavy atom. The summed E-state index contributed by atoms with van der Waals surface area (Å²) in [6, 6.07) is 7.85. The van der Waals surface area contributed by atoms with Gasteiger partial charge in [0.15, 0.2) is 0 Å². The van der Waals surface area contributed by atoms with E-state index in [0.29, 0.717) is 18.9 Å². The Balaban J connectivity index is 1.72. The van der Waals surface area contributed by atoms with E-state index in [1.165, 1.54) is 0 Å². The number of benzene rings is 1. The first-order valence-corrected chi connectivity index (χ1v) is 11.3. The maximum Gasteiger partial charge on any atom is 0.227 e. The first kappa shape index (κ1) is 22.7. The Kier molecular flexibility index (Phi) is 6.58. The second-order valence-corrected chi connectivity index (χ2v) is 8.79. The molecule has 1 aliphatic heterocycles. The smallest absolute Gasteiger partial charge is 0.227 e. The van der Waals surface area contributed by atoms with Crippen LogP contribution in [-0.4, -0.2) is 53.5 Å². The molecule has 33 heavy (non-hydrogen) atoms. The van der Waals surface area contributed by atoms with Crippen molar-refractivity contribution in [2.45, 2.75) is 39.2 Å². The minimum absolute atomic E-state index is 0.0869. The maximum absolute atomic E-state index is 13.5. The number of ether oxygens (including phenoxy) is 1. The molecule has 172 valence electrons. The number of carbonyl (C=O) groups is 1. The lowest BCUT2D eigenvalue weighted by Crippen LogP contribution is -2.33. The van der Waals surface area contributed by atoms with Crippen LogP contribution in [-0.2, 0) is 11.2 Å². The fraction of sp³-hybridized carbons (Fsp3) is 0.385. The van der Waals surface area contributed by atoms with Crippen molar-refractivity contribution in [3.8, 4) is 16.9 Å². The summed E-state index contributed by atoms with van der Waals surface area (Å²) in [5.74, 6) is 1.47. The second kappa shape index (κ2) is 9.57. The van der Waals surface area contributed by atoms with Crippen molar-refractivity contribution >= 4 is 11.9 Å². The van der Waals surface area contributed by atoms with Crippen molar-refractivity contribution < 1.29 is 9.53 Å². The van der Waals surface area contributed by atoms with Crippen LogP contribution in [0.3, 0.4) is 0 Å². The molecule has 2 aromatic heterocycles. The summed E-state index contributed by atoms with van der Waals surface area (Å²) in [6.45, 7) is 4.78. The van der Waals surface area contributed by atoms with E-state index in [2.05, 4.69) is 9.97 Å². The largest absolute Gasteiger partial charge is 0.496 e. The van der Waals surface area contributed by atoms with Crippen molar-refractivity contribution in [3.05, 3.63) is 65.2 Å². The third kappa shape index (κ3) is 4.67. The van der Waals surface area contributed by atoms with E-state index in [4.69, 9.17) is 9.72 Å². The van der Waals surface area contributed by atoms with E-state index >= 15 is 0 Å². The van der Waals surface area contributed by atoms with Gasteiger partial charge in [-0.2, -0.15) is 0 Å². The third-order valence-corrected chi connectivity index (χ3v) is 6.18. The van der Waals surface area contributed by atoms with Crippen molar-refractivity contribution in [2.75, 3.05) is 32.6 Å². The molecule has 3 aromatic rings. The third-order valence-electron chi connectivity index (χ3n) is 6.18. The molecule has 7 heteroatoms. The predicted octanol–water partition coefficient (Wildman–Crippen LogP) is 4.14. The van der Waals surface area contributed by atoms with Gasteiger partial charge in [0.2, 0.25) is 11.9 Å². The quantitative estimate of drug-likeness (QED) is 0.568. The monoisotopic (exact) mass is 445 g/mol. The number of nitrogens with zero attached hydrogens (tertiary/aromatic N) is 5. The van der Waals surface area contributed by atoms with Gasteiger partial charge in [0.25, 0.3) is 0 Å². The van der Waals surface area contributed by atoms with Crippen molar-refractivity contribution in [1.82, 2.24) is 19.9 Å². The van der Waals surface area contributed by atoms with Crippen molar-refractivity contribution in [3.63, 3.8) is 0 Å². The zero-order chi connectivity index (χ0) is 23.5. The van der Waals surface area contributed by atoms with Crippen LogP contribution in [0.25, 0.3) is 11.1 Å². The lowest BCUT2D eigenvalue weighted by molar-refractivity contribution is -0.131. The molecule has 0 radical (unpaired) electrons. The highest BCUT2D eigenvalue weighted by Crippen LogP contribution is 2.38. The molecule has 1 saturated heterocycles. The second-order valence-electron chi connectivity index (χ2n) is 8.79. The molecule has 1 aliphatic rings. The lowest BCUT2D eigenvalue weighted by atomic mass is 9.97. The molecule has 0 bridgehead atoms. The molecule has 0 N–H and O–H groups in total. The summed E-state index contributed by atoms with van der Waals surface area (Å²) in [6.07, 6.45) is 7.63. The molecular formula is C26H31N5O2. The number of carbonyl (C=O) groups excluding carboxylic acids is 1. The Morgan fingerprint density at radius 3 is 2.73 bits per heavy atom. The van der Waals surface area contributed by atoms with E-state index in [9.17, 15) is 4.79 Å². The highest BCUT2D eigenvalue weighted by molar-refractivity contribution is 5.81. The number of methoxy groups -OCH3 is 1. The summed E-state index contributed by atoms with van der Waals surface area (Å²) >= 11 is 0. The average molecular weight is 446 g/mol. The molecule has 1 amide bonds. The summed E-state index contributed by atoms with van der Waals surface area (Å²) < 4.78 is 5.50. The van der Waals surface area contributed by atoms with Crippen molar-refractivity contribution in [1.29, 1.82) is 0 Å². The standard InChI is InChI=1S/C26H31N5O2/c1-17-8-9-23(33-5)19(13-17)14-24(32)31-12-6-7-22(31)25-21(16-28-26(29-25)30(3)4)20-10-11-27-15-18(20)2/h8-11,13,15-16,22H,6-7,12,14H2,1-5H3/t22-/m1/s1. The Morgan fingerprint density at radius 1 is 1.18 bits per heavy atom. The minimum Gasteiger partial charge on any atom is -0.496 e. The zero-order valence-electron chi connectivity index (χ0n) is 20.0. The first-order chi connectivity index (χ1) is 15.9. The molecule has 4 rings (SSSR count). The van der Waals surface area contributed by atoms with Gasteiger partial charge in [-0.25, -0.2) is 9.97 Å². The van der Waals surface area contributed by atoms with Crippen LogP contribution in [0.4, 0.5) is 5.95 Å². The predicted molar refractivity (Wildman–Crippen MR) is 129 cm³/mol. The lowest BCUT2D eigenvalue weighted by Gasteiger charge is -2.27. The number of anilines is 1. The normalized spacial score (nSPS) is 15.5. The van der Waals surface area contributed by atoms with E-state index < -0.39 is 0 Å². The number of hydrogen-bond donors (Lipinski definition) is 0. The van der Waals surface area contributed by atoms with Crippen LogP contribution in [0.5, 0.6) is 5.75 Å². The fourth-order valence-corrected chi connectivity index (χ4v) is 4.50. The zero-order valence-corrected chi connectivity index (χ0v) is 20.0. The van der Waals surface area contributed by atoms with Gasteiger partial charge in [-0.15, -0.1) is 0 Å². The Bertz CT molecular complexity index is 1160. The number of likely N-dealkylation sites (tertiary alicyclic amines) is 1. The SMILES string of the molecule is COc1ccc(C)cc1CC(=O)N1CCC[C@@H]1c1nc(N(C)C)ncc1-c1ccncc1C. The molecule has 3 heterocycles.